The van der Waals surface area contributed by atoms with Crippen molar-refractivity contribution in [3.8, 4) is 0 Å². The molecular formula is C24H21ClN4O4S2. The maximum atomic E-state index is 13.1. The van der Waals surface area contributed by atoms with E-state index in [1.54, 1.807) is 18.2 Å². The number of methoxy groups -OCH3 is 1. The molecule has 5 rings (SSSR count). The van der Waals surface area contributed by atoms with Gasteiger partial charge in [0, 0.05) is 9.90 Å². The molecule has 2 aromatic heterocycles. The molecule has 0 aliphatic heterocycles. The maximum Gasteiger partial charge on any atom is 0.341 e. The zero-order chi connectivity index (χ0) is 24.6. The van der Waals surface area contributed by atoms with Gasteiger partial charge in [0.05, 0.1) is 28.6 Å². The average molecular weight is 529 g/mol. The SMILES string of the molecule is COC(=O)c1c(Nc2nc3ccccc3nc2NS(=O)(=O)c2ccc(Cl)cc2)sc2c1CCCC2. The van der Waals surface area contributed by atoms with Gasteiger partial charge in [-0.15, -0.1) is 11.3 Å². The molecule has 0 saturated carbocycles. The molecule has 2 heterocycles. The Labute approximate surface area is 211 Å². The summed E-state index contributed by atoms with van der Waals surface area (Å²) in [5, 5.41) is 4.17. The molecule has 2 N–H and O–H groups in total. The summed E-state index contributed by atoms with van der Waals surface area (Å²) in [6.07, 6.45) is 3.72. The van der Waals surface area contributed by atoms with Crippen molar-refractivity contribution >= 4 is 66.6 Å². The largest absolute Gasteiger partial charge is 0.465 e. The number of ether oxygens (including phenoxy) is 1. The van der Waals surface area contributed by atoms with Crippen LogP contribution in [-0.4, -0.2) is 31.5 Å². The number of halogens is 1. The average Bonchev–Trinajstić information content (AvgIpc) is 3.22. The number of para-hydroxylation sites is 2. The van der Waals surface area contributed by atoms with Crippen LogP contribution in [0.25, 0.3) is 11.0 Å². The second-order valence-electron chi connectivity index (χ2n) is 8.00. The number of benzene rings is 2. The maximum absolute atomic E-state index is 13.1. The lowest BCUT2D eigenvalue weighted by atomic mass is 9.95. The van der Waals surface area contributed by atoms with Crippen LogP contribution in [0.2, 0.25) is 5.02 Å². The number of carbonyl (C=O) groups excluding carboxylic acids is 1. The molecule has 4 aromatic rings. The lowest BCUT2D eigenvalue weighted by molar-refractivity contribution is 0.0601. The van der Waals surface area contributed by atoms with Crippen molar-refractivity contribution < 1.29 is 17.9 Å². The first-order chi connectivity index (χ1) is 16.9. The highest BCUT2D eigenvalue weighted by atomic mass is 35.5. The molecule has 0 spiro atoms. The minimum Gasteiger partial charge on any atom is -0.465 e. The van der Waals surface area contributed by atoms with Gasteiger partial charge in [0.25, 0.3) is 10.0 Å². The van der Waals surface area contributed by atoms with E-state index in [-0.39, 0.29) is 16.5 Å². The lowest BCUT2D eigenvalue weighted by Crippen LogP contribution is -2.16. The van der Waals surface area contributed by atoms with E-state index < -0.39 is 16.0 Å². The standard InChI is InChI=1S/C24H21ClN4O4S2/c1-33-24(30)20-16-6-2-5-9-19(16)34-23(20)28-21-22(27-18-8-4-3-7-17(18)26-21)29-35(31,32)15-12-10-14(25)11-13-15/h3-4,7-8,10-13H,2,5-6,9H2,1H3,(H,26,28)(H,27,29). The number of nitrogens with one attached hydrogen (secondary N) is 2. The van der Waals surface area contributed by atoms with Gasteiger partial charge in [-0.2, -0.15) is 0 Å². The van der Waals surface area contributed by atoms with Crippen LogP contribution < -0.4 is 10.0 Å². The summed E-state index contributed by atoms with van der Waals surface area (Å²) in [5.41, 5.74) is 2.54. The van der Waals surface area contributed by atoms with Gasteiger partial charge in [-0.3, -0.25) is 4.72 Å². The van der Waals surface area contributed by atoms with Crippen LogP contribution >= 0.6 is 22.9 Å². The smallest absolute Gasteiger partial charge is 0.341 e. The molecule has 0 unspecified atom stereocenters. The first-order valence-electron chi connectivity index (χ1n) is 10.9. The molecule has 0 atom stereocenters. The van der Waals surface area contributed by atoms with Gasteiger partial charge in [0.1, 0.15) is 5.00 Å². The number of hydrogen-bond acceptors (Lipinski definition) is 8. The van der Waals surface area contributed by atoms with E-state index >= 15 is 0 Å². The van der Waals surface area contributed by atoms with Crippen molar-refractivity contribution in [1.29, 1.82) is 0 Å². The third-order valence-electron chi connectivity index (χ3n) is 5.72. The number of esters is 1. The van der Waals surface area contributed by atoms with Crippen LogP contribution in [0.4, 0.5) is 16.6 Å². The van der Waals surface area contributed by atoms with E-state index in [9.17, 15) is 13.2 Å². The van der Waals surface area contributed by atoms with E-state index in [1.807, 2.05) is 6.07 Å². The molecule has 180 valence electrons. The van der Waals surface area contributed by atoms with Crippen LogP contribution in [0.5, 0.6) is 0 Å². The highest BCUT2D eigenvalue weighted by Crippen LogP contribution is 2.40. The third-order valence-corrected chi connectivity index (χ3v) is 8.53. The Balaban J connectivity index is 1.60. The number of rotatable bonds is 6. The molecule has 1 aliphatic rings. The Morgan fingerprint density at radius 3 is 2.34 bits per heavy atom. The summed E-state index contributed by atoms with van der Waals surface area (Å²) in [7, 11) is -2.64. The van der Waals surface area contributed by atoms with Gasteiger partial charge in [-0.25, -0.2) is 23.2 Å². The Kier molecular flexibility index (Phi) is 6.35. The molecule has 35 heavy (non-hydrogen) atoms. The van der Waals surface area contributed by atoms with Crippen LogP contribution in [0.3, 0.4) is 0 Å². The second kappa shape index (κ2) is 9.44. The van der Waals surface area contributed by atoms with E-state index in [2.05, 4.69) is 20.0 Å². The van der Waals surface area contributed by atoms with Crippen molar-refractivity contribution in [2.45, 2.75) is 30.6 Å². The Morgan fingerprint density at radius 1 is 1.00 bits per heavy atom. The van der Waals surface area contributed by atoms with Crippen molar-refractivity contribution in [2.24, 2.45) is 0 Å². The summed E-state index contributed by atoms with van der Waals surface area (Å²) in [5.74, 6) is -0.241. The molecule has 0 amide bonds. The van der Waals surface area contributed by atoms with Gasteiger partial charge >= 0.3 is 5.97 Å². The highest BCUT2D eigenvalue weighted by molar-refractivity contribution is 7.92. The quantitative estimate of drug-likeness (QED) is 0.315. The van der Waals surface area contributed by atoms with Crippen molar-refractivity contribution in [2.75, 3.05) is 17.1 Å². The molecule has 0 fully saturated rings. The van der Waals surface area contributed by atoms with Gasteiger partial charge in [-0.05, 0) is 67.6 Å². The van der Waals surface area contributed by atoms with Crippen LogP contribution in [0, 0.1) is 0 Å². The molecule has 0 radical (unpaired) electrons. The van der Waals surface area contributed by atoms with E-state index in [4.69, 9.17) is 16.3 Å². The van der Waals surface area contributed by atoms with Gasteiger partial charge in [0.2, 0.25) is 0 Å². The molecule has 2 aromatic carbocycles. The summed E-state index contributed by atoms with van der Waals surface area (Å²) in [6.45, 7) is 0. The number of anilines is 3. The molecule has 0 bridgehead atoms. The first kappa shape index (κ1) is 23.5. The Morgan fingerprint density at radius 2 is 1.66 bits per heavy atom. The van der Waals surface area contributed by atoms with Gasteiger partial charge in [-0.1, -0.05) is 23.7 Å². The zero-order valence-corrected chi connectivity index (χ0v) is 21.1. The first-order valence-corrected chi connectivity index (χ1v) is 13.6. The van der Waals surface area contributed by atoms with Crippen molar-refractivity contribution in [1.82, 2.24) is 9.97 Å². The van der Waals surface area contributed by atoms with E-state index in [0.717, 1.165) is 36.1 Å². The summed E-state index contributed by atoms with van der Waals surface area (Å²) >= 11 is 7.37. The number of nitrogens with zero attached hydrogens (tertiary/aromatic N) is 2. The number of fused-ring (bicyclic) bond motifs is 2. The van der Waals surface area contributed by atoms with Crippen LogP contribution in [0.15, 0.2) is 53.4 Å². The molecule has 1 aliphatic carbocycles. The highest BCUT2D eigenvalue weighted by Gasteiger charge is 2.27. The predicted octanol–water partition coefficient (Wildman–Crippen LogP) is 5.55. The van der Waals surface area contributed by atoms with Crippen molar-refractivity contribution in [3.63, 3.8) is 0 Å². The monoisotopic (exact) mass is 528 g/mol. The van der Waals surface area contributed by atoms with Crippen LogP contribution in [-0.2, 0) is 27.6 Å². The summed E-state index contributed by atoms with van der Waals surface area (Å²) in [4.78, 5) is 23.0. The fourth-order valence-electron chi connectivity index (χ4n) is 4.04. The van der Waals surface area contributed by atoms with E-state index in [1.165, 1.54) is 42.7 Å². The number of thiophene rings is 1. The number of hydrogen-bond donors (Lipinski definition) is 2. The molecular weight excluding hydrogens is 508 g/mol. The Bertz CT molecular complexity index is 1540. The second-order valence-corrected chi connectivity index (χ2v) is 11.2. The molecule has 0 saturated heterocycles. The minimum atomic E-state index is -3.99. The number of aromatic nitrogens is 2. The fraction of sp³-hybridized carbons (Fsp3) is 0.208. The topological polar surface area (TPSA) is 110 Å². The zero-order valence-electron chi connectivity index (χ0n) is 18.7. The number of sulfonamides is 1. The summed E-state index contributed by atoms with van der Waals surface area (Å²) in [6, 6.07) is 13.0. The Hall–Kier alpha value is -3.21. The lowest BCUT2D eigenvalue weighted by Gasteiger charge is -2.14. The van der Waals surface area contributed by atoms with Gasteiger partial charge < -0.3 is 10.1 Å². The van der Waals surface area contributed by atoms with E-state index in [0.29, 0.717) is 26.6 Å². The third kappa shape index (κ3) is 4.69. The predicted molar refractivity (Wildman–Crippen MR) is 137 cm³/mol. The normalized spacial score (nSPS) is 13.3. The van der Waals surface area contributed by atoms with Crippen LogP contribution in [0.1, 0.15) is 33.6 Å². The number of carbonyl (C=O) groups is 1. The number of aryl methyl sites for hydroxylation is 1. The van der Waals surface area contributed by atoms with Crippen molar-refractivity contribution in [3.05, 3.63) is 69.6 Å². The molecule has 8 nitrogen and oxygen atoms in total. The minimum absolute atomic E-state index is 0.0147. The van der Waals surface area contributed by atoms with Gasteiger partial charge in [0.15, 0.2) is 11.6 Å². The fourth-order valence-corrected chi connectivity index (χ4v) is 6.45. The summed E-state index contributed by atoms with van der Waals surface area (Å²) < 4.78 is 33.8. The molecule has 11 heteroatoms.